The van der Waals surface area contributed by atoms with Crippen LogP contribution in [0.4, 0.5) is 4.39 Å². The Morgan fingerprint density at radius 2 is 1.86 bits per heavy atom. The van der Waals surface area contributed by atoms with Gasteiger partial charge in [-0.3, -0.25) is 9.55 Å². The molecule has 1 N–H and O–H groups in total. The predicted octanol–water partition coefficient (Wildman–Crippen LogP) is 4.35. The molecule has 5 nitrogen and oxygen atoms in total. The average molecular weight is 406 g/mol. The van der Waals surface area contributed by atoms with Crippen LogP contribution in [-0.4, -0.2) is 30.6 Å². The highest BCUT2D eigenvalue weighted by Crippen LogP contribution is 2.28. The molecule has 7 heteroatoms. The summed E-state index contributed by atoms with van der Waals surface area (Å²) in [6.07, 6.45) is 2.66. The second-order valence-corrected chi connectivity index (χ2v) is 7.49. The molecule has 0 aliphatic rings. The monoisotopic (exact) mass is 406 g/mol. The van der Waals surface area contributed by atoms with E-state index in [1.54, 1.807) is 24.5 Å². The van der Waals surface area contributed by atoms with Gasteiger partial charge in [0, 0.05) is 23.7 Å². The smallest absolute Gasteiger partial charge is 0.191 e. The van der Waals surface area contributed by atoms with Gasteiger partial charge in [0.15, 0.2) is 11.0 Å². The molecule has 0 radical (unpaired) electrons. The Morgan fingerprint density at radius 1 is 1.00 bits per heavy atom. The molecule has 4 rings (SSSR count). The summed E-state index contributed by atoms with van der Waals surface area (Å²) in [6.45, 7) is 0.594. The van der Waals surface area contributed by atoms with Gasteiger partial charge in [0.1, 0.15) is 5.82 Å². The minimum atomic E-state index is -0.806. The number of nitrogens with zero attached hydrogens (tertiary/aromatic N) is 4. The van der Waals surface area contributed by atoms with Crippen molar-refractivity contribution >= 4 is 11.8 Å². The van der Waals surface area contributed by atoms with Crippen molar-refractivity contribution in [2.75, 3.05) is 5.75 Å². The third kappa shape index (κ3) is 4.70. The Hall–Kier alpha value is -3.03. The van der Waals surface area contributed by atoms with Gasteiger partial charge in [-0.2, -0.15) is 0 Å². The molecule has 0 saturated heterocycles. The second kappa shape index (κ2) is 8.98. The number of aromatic nitrogens is 4. The summed E-state index contributed by atoms with van der Waals surface area (Å²) < 4.78 is 15.4. The van der Waals surface area contributed by atoms with E-state index in [0.717, 1.165) is 11.1 Å². The first-order valence-corrected chi connectivity index (χ1v) is 10.1. The number of halogens is 1. The van der Waals surface area contributed by atoms with Crippen molar-refractivity contribution in [3.05, 3.63) is 96.1 Å². The third-order valence-electron chi connectivity index (χ3n) is 4.42. The first-order chi connectivity index (χ1) is 14.2. The van der Waals surface area contributed by atoms with Gasteiger partial charge in [-0.1, -0.05) is 54.2 Å². The Labute approximate surface area is 172 Å². The molecule has 0 aliphatic carbocycles. The van der Waals surface area contributed by atoms with Crippen LogP contribution in [0.2, 0.25) is 0 Å². The van der Waals surface area contributed by atoms with Crippen LogP contribution < -0.4 is 0 Å². The van der Waals surface area contributed by atoms with Crippen LogP contribution in [0.5, 0.6) is 0 Å². The van der Waals surface area contributed by atoms with E-state index in [0.29, 0.717) is 28.8 Å². The van der Waals surface area contributed by atoms with Crippen molar-refractivity contribution in [3.63, 3.8) is 0 Å². The van der Waals surface area contributed by atoms with Crippen molar-refractivity contribution in [3.8, 4) is 11.4 Å². The number of aliphatic hydroxyl groups is 1. The van der Waals surface area contributed by atoms with Gasteiger partial charge in [-0.25, -0.2) is 4.39 Å². The first kappa shape index (κ1) is 19.3. The Morgan fingerprint density at radius 3 is 2.62 bits per heavy atom. The number of hydrogen-bond donors (Lipinski definition) is 1. The van der Waals surface area contributed by atoms with Crippen LogP contribution in [0.25, 0.3) is 11.4 Å². The van der Waals surface area contributed by atoms with Crippen molar-refractivity contribution in [2.24, 2.45) is 0 Å². The van der Waals surface area contributed by atoms with Crippen molar-refractivity contribution in [2.45, 2.75) is 17.8 Å². The molecule has 29 heavy (non-hydrogen) atoms. The number of rotatable bonds is 7. The van der Waals surface area contributed by atoms with Gasteiger partial charge in [-0.05, 0) is 35.4 Å². The molecule has 2 aromatic heterocycles. The van der Waals surface area contributed by atoms with E-state index >= 15 is 0 Å². The zero-order chi connectivity index (χ0) is 20.1. The lowest BCUT2D eigenvalue weighted by Gasteiger charge is -2.13. The molecule has 2 aromatic carbocycles. The Bertz CT molecular complexity index is 1070. The lowest BCUT2D eigenvalue weighted by atomic mass is 10.1. The topological polar surface area (TPSA) is 63.8 Å². The number of pyridine rings is 1. The van der Waals surface area contributed by atoms with Gasteiger partial charge in [-0.15, -0.1) is 10.2 Å². The van der Waals surface area contributed by atoms with E-state index in [-0.39, 0.29) is 5.82 Å². The third-order valence-corrected chi connectivity index (χ3v) is 5.47. The zero-order valence-electron chi connectivity index (χ0n) is 15.5. The summed E-state index contributed by atoms with van der Waals surface area (Å²) in [4.78, 5) is 4.18. The zero-order valence-corrected chi connectivity index (χ0v) is 16.3. The summed E-state index contributed by atoms with van der Waals surface area (Å²) in [6, 6.07) is 19.9. The van der Waals surface area contributed by atoms with E-state index < -0.39 is 6.10 Å². The lowest BCUT2D eigenvalue weighted by molar-refractivity contribution is 0.203. The fourth-order valence-corrected chi connectivity index (χ4v) is 3.88. The molecule has 4 aromatic rings. The summed E-state index contributed by atoms with van der Waals surface area (Å²) >= 11 is 1.39. The quantitative estimate of drug-likeness (QED) is 0.462. The first-order valence-electron chi connectivity index (χ1n) is 9.14. The normalized spacial score (nSPS) is 12.1. The van der Waals surface area contributed by atoms with Gasteiger partial charge >= 0.3 is 0 Å². The Kier molecular flexibility index (Phi) is 5.97. The van der Waals surface area contributed by atoms with Crippen LogP contribution in [0.15, 0.2) is 84.3 Å². The summed E-state index contributed by atoms with van der Waals surface area (Å²) in [5.41, 5.74) is 2.53. The van der Waals surface area contributed by atoms with Crippen LogP contribution >= 0.6 is 11.8 Å². The number of thioether (sulfide) groups is 1. The Balaban J connectivity index is 1.60. The van der Waals surface area contributed by atoms with E-state index in [9.17, 15) is 9.50 Å². The van der Waals surface area contributed by atoms with Crippen LogP contribution in [0.3, 0.4) is 0 Å². The maximum atomic E-state index is 13.4. The molecule has 0 fully saturated rings. The lowest BCUT2D eigenvalue weighted by Crippen LogP contribution is -2.06. The molecule has 1 atom stereocenters. The summed E-state index contributed by atoms with van der Waals surface area (Å²) in [5, 5.41) is 19.8. The van der Waals surface area contributed by atoms with Gasteiger partial charge < -0.3 is 5.11 Å². The molecular formula is C22H19FN4OS. The van der Waals surface area contributed by atoms with E-state index in [4.69, 9.17) is 0 Å². The molecule has 146 valence electrons. The molecule has 0 amide bonds. The summed E-state index contributed by atoms with van der Waals surface area (Å²) in [5.74, 6) is 0.686. The minimum absolute atomic E-state index is 0.337. The highest BCUT2D eigenvalue weighted by molar-refractivity contribution is 7.99. The van der Waals surface area contributed by atoms with E-state index in [2.05, 4.69) is 15.2 Å². The number of aliphatic hydroxyl groups excluding tert-OH is 1. The maximum Gasteiger partial charge on any atom is 0.191 e. The van der Waals surface area contributed by atoms with Crippen LogP contribution in [0.1, 0.15) is 17.2 Å². The number of benzene rings is 2. The molecule has 0 bridgehead atoms. The van der Waals surface area contributed by atoms with Crippen molar-refractivity contribution < 1.29 is 9.50 Å². The van der Waals surface area contributed by atoms with Gasteiger partial charge in [0.25, 0.3) is 0 Å². The van der Waals surface area contributed by atoms with E-state index in [1.165, 1.54) is 23.9 Å². The largest absolute Gasteiger partial charge is 0.388 e. The molecular weight excluding hydrogens is 387 g/mol. The second-order valence-electron chi connectivity index (χ2n) is 6.50. The fraction of sp³-hybridized carbons (Fsp3) is 0.136. The summed E-state index contributed by atoms with van der Waals surface area (Å²) in [7, 11) is 0. The molecule has 1 unspecified atom stereocenters. The SMILES string of the molecule is OC(CSc1nnc(-c2cccnc2)n1Cc1ccccc1)c1cccc(F)c1. The highest BCUT2D eigenvalue weighted by atomic mass is 32.2. The maximum absolute atomic E-state index is 13.4. The van der Waals surface area contributed by atoms with Crippen molar-refractivity contribution in [1.82, 2.24) is 19.7 Å². The number of hydrogen-bond acceptors (Lipinski definition) is 5. The van der Waals surface area contributed by atoms with Crippen LogP contribution in [0, 0.1) is 5.82 Å². The standard InChI is InChI=1S/C22H19FN4OS/c23-19-10-4-8-17(12-19)20(28)15-29-22-26-25-21(18-9-5-11-24-13-18)27(22)14-16-6-2-1-3-7-16/h1-13,20,28H,14-15H2. The fourth-order valence-electron chi connectivity index (χ4n) is 2.98. The molecule has 0 spiro atoms. The van der Waals surface area contributed by atoms with Crippen molar-refractivity contribution in [1.29, 1.82) is 0 Å². The molecule has 0 aliphatic heterocycles. The van der Waals surface area contributed by atoms with Crippen LogP contribution in [-0.2, 0) is 6.54 Å². The highest BCUT2D eigenvalue weighted by Gasteiger charge is 2.17. The molecule has 0 saturated carbocycles. The predicted molar refractivity (Wildman–Crippen MR) is 111 cm³/mol. The van der Waals surface area contributed by atoms with Gasteiger partial charge in [0.2, 0.25) is 0 Å². The average Bonchev–Trinajstić information content (AvgIpc) is 3.15. The van der Waals surface area contributed by atoms with E-state index in [1.807, 2.05) is 47.0 Å². The molecule has 2 heterocycles. The van der Waals surface area contributed by atoms with Gasteiger partial charge in [0.05, 0.1) is 12.6 Å². The minimum Gasteiger partial charge on any atom is -0.388 e.